The van der Waals surface area contributed by atoms with Crippen molar-refractivity contribution in [2.75, 3.05) is 0 Å². The number of aliphatic hydroxyl groups is 1. The van der Waals surface area contributed by atoms with Crippen molar-refractivity contribution in [2.24, 2.45) is 0 Å². The molecular formula is C8H5Cl2FO3. The number of benzene rings is 1. The summed E-state index contributed by atoms with van der Waals surface area (Å²) in [6, 6.07) is 1.84. The zero-order valence-corrected chi connectivity index (χ0v) is 8.18. The highest BCUT2D eigenvalue weighted by atomic mass is 35.5. The Bertz CT molecular complexity index is 381. The fourth-order valence-corrected chi connectivity index (χ4v) is 1.20. The summed E-state index contributed by atoms with van der Waals surface area (Å²) in [5.74, 6) is -2.46. The molecule has 0 heterocycles. The molecular weight excluding hydrogens is 234 g/mol. The minimum Gasteiger partial charge on any atom is -0.479 e. The first-order valence-corrected chi connectivity index (χ1v) is 4.24. The van der Waals surface area contributed by atoms with Gasteiger partial charge in [-0.2, -0.15) is 0 Å². The van der Waals surface area contributed by atoms with Crippen molar-refractivity contribution in [3.8, 4) is 0 Å². The average molecular weight is 239 g/mol. The van der Waals surface area contributed by atoms with Crippen LogP contribution in [0.15, 0.2) is 12.1 Å². The highest BCUT2D eigenvalue weighted by Crippen LogP contribution is 2.28. The molecule has 0 spiro atoms. The van der Waals surface area contributed by atoms with Crippen LogP contribution in [-0.4, -0.2) is 16.2 Å². The summed E-state index contributed by atoms with van der Waals surface area (Å²) in [6.07, 6.45) is -1.94. The van der Waals surface area contributed by atoms with Crippen LogP contribution >= 0.6 is 23.2 Å². The molecule has 1 aromatic carbocycles. The van der Waals surface area contributed by atoms with Crippen LogP contribution < -0.4 is 0 Å². The van der Waals surface area contributed by atoms with Gasteiger partial charge in [0.25, 0.3) is 0 Å². The zero-order chi connectivity index (χ0) is 10.9. The molecule has 0 aromatic heterocycles. The van der Waals surface area contributed by atoms with Crippen LogP contribution in [0.3, 0.4) is 0 Å². The van der Waals surface area contributed by atoms with Crippen molar-refractivity contribution in [3.63, 3.8) is 0 Å². The van der Waals surface area contributed by atoms with Crippen LogP contribution in [0.4, 0.5) is 4.39 Å². The lowest BCUT2D eigenvalue weighted by molar-refractivity contribution is -0.147. The standard InChI is InChI=1S/C8H5Cl2FO3/c9-4-1-3(7(12)8(13)14)6(11)2-5(4)10/h1-2,7,12H,(H,13,14)/t7-/m0/s1. The van der Waals surface area contributed by atoms with Crippen LogP contribution in [0, 0.1) is 5.82 Å². The van der Waals surface area contributed by atoms with Gasteiger partial charge in [0.15, 0.2) is 6.10 Å². The molecule has 3 nitrogen and oxygen atoms in total. The van der Waals surface area contributed by atoms with E-state index in [-0.39, 0.29) is 10.0 Å². The molecule has 0 aliphatic rings. The topological polar surface area (TPSA) is 57.5 Å². The number of hydrogen-bond acceptors (Lipinski definition) is 2. The Morgan fingerprint density at radius 1 is 1.36 bits per heavy atom. The Hall–Kier alpha value is -0.840. The maximum atomic E-state index is 13.1. The third-order valence-electron chi connectivity index (χ3n) is 1.57. The molecule has 2 N–H and O–H groups in total. The number of aliphatic carboxylic acids is 1. The predicted molar refractivity (Wildman–Crippen MR) is 49.0 cm³/mol. The third kappa shape index (κ3) is 2.15. The number of carboxylic acids is 1. The van der Waals surface area contributed by atoms with Crippen LogP contribution in [0.1, 0.15) is 11.7 Å². The maximum Gasteiger partial charge on any atom is 0.337 e. The van der Waals surface area contributed by atoms with Gasteiger partial charge in [-0.25, -0.2) is 9.18 Å². The molecule has 14 heavy (non-hydrogen) atoms. The largest absolute Gasteiger partial charge is 0.479 e. The highest BCUT2D eigenvalue weighted by Gasteiger charge is 2.21. The quantitative estimate of drug-likeness (QED) is 0.778. The second-order valence-electron chi connectivity index (χ2n) is 2.53. The van der Waals surface area contributed by atoms with Crippen molar-refractivity contribution in [3.05, 3.63) is 33.6 Å². The highest BCUT2D eigenvalue weighted by molar-refractivity contribution is 6.42. The summed E-state index contributed by atoms with van der Waals surface area (Å²) in [6.45, 7) is 0. The van der Waals surface area contributed by atoms with Gasteiger partial charge in [-0.1, -0.05) is 23.2 Å². The lowest BCUT2D eigenvalue weighted by atomic mass is 10.1. The third-order valence-corrected chi connectivity index (χ3v) is 2.29. The normalized spacial score (nSPS) is 12.6. The summed E-state index contributed by atoms with van der Waals surface area (Å²) in [5, 5.41) is 17.4. The predicted octanol–water partition coefficient (Wildman–Crippen LogP) is 2.25. The number of hydrogen-bond donors (Lipinski definition) is 2. The van der Waals surface area contributed by atoms with Crippen molar-refractivity contribution in [1.82, 2.24) is 0 Å². The van der Waals surface area contributed by atoms with Gasteiger partial charge < -0.3 is 10.2 Å². The van der Waals surface area contributed by atoms with Gasteiger partial charge in [0, 0.05) is 5.56 Å². The second kappa shape index (κ2) is 4.13. The fourth-order valence-electron chi connectivity index (χ4n) is 0.881. The Balaban J connectivity index is 3.22. The fraction of sp³-hybridized carbons (Fsp3) is 0.125. The van der Waals surface area contributed by atoms with E-state index < -0.39 is 23.5 Å². The molecule has 0 saturated heterocycles. The van der Waals surface area contributed by atoms with Crippen molar-refractivity contribution in [2.45, 2.75) is 6.10 Å². The Morgan fingerprint density at radius 3 is 2.36 bits per heavy atom. The van der Waals surface area contributed by atoms with Gasteiger partial charge in [-0.3, -0.25) is 0 Å². The Morgan fingerprint density at radius 2 is 1.86 bits per heavy atom. The van der Waals surface area contributed by atoms with Gasteiger partial charge in [0.1, 0.15) is 5.82 Å². The van der Waals surface area contributed by atoms with Crippen molar-refractivity contribution in [1.29, 1.82) is 0 Å². The summed E-state index contributed by atoms with van der Waals surface area (Å²) in [4.78, 5) is 10.4. The summed E-state index contributed by atoms with van der Waals surface area (Å²) >= 11 is 11.0. The molecule has 0 amide bonds. The van der Waals surface area contributed by atoms with E-state index in [0.29, 0.717) is 0 Å². The molecule has 0 fully saturated rings. The van der Waals surface area contributed by atoms with E-state index >= 15 is 0 Å². The van der Waals surface area contributed by atoms with Gasteiger partial charge in [-0.15, -0.1) is 0 Å². The smallest absolute Gasteiger partial charge is 0.337 e. The Labute approximate surface area is 88.7 Å². The molecule has 6 heteroatoms. The SMILES string of the molecule is O=C(O)[C@@H](O)c1cc(Cl)c(Cl)cc1F. The Kier molecular flexibility index (Phi) is 3.31. The monoisotopic (exact) mass is 238 g/mol. The molecule has 0 unspecified atom stereocenters. The van der Waals surface area contributed by atoms with Crippen molar-refractivity contribution >= 4 is 29.2 Å². The van der Waals surface area contributed by atoms with Gasteiger partial charge in [0.05, 0.1) is 10.0 Å². The van der Waals surface area contributed by atoms with E-state index in [1.165, 1.54) is 0 Å². The molecule has 0 aliphatic heterocycles. The number of halogens is 3. The van der Waals surface area contributed by atoms with E-state index in [2.05, 4.69) is 0 Å². The van der Waals surface area contributed by atoms with E-state index in [9.17, 15) is 9.18 Å². The van der Waals surface area contributed by atoms with Crippen LogP contribution in [-0.2, 0) is 4.79 Å². The number of carbonyl (C=O) groups is 1. The number of rotatable bonds is 2. The van der Waals surface area contributed by atoms with Gasteiger partial charge in [-0.05, 0) is 12.1 Å². The first-order valence-electron chi connectivity index (χ1n) is 3.48. The molecule has 0 bridgehead atoms. The zero-order valence-electron chi connectivity index (χ0n) is 6.67. The molecule has 0 saturated carbocycles. The van der Waals surface area contributed by atoms with E-state index in [4.69, 9.17) is 33.4 Å². The van der Waals surface area contributed by atoms with Gasteiger partial charge >= 0.3 is 5.97 Å². The van der Waals surface area contributed by atoms with E-state index in [0.717, 1.165) is 12.1 Å². The summed E-state index contributed by atoms with van der Waals surface area (Å²) in [5.41, 5.74) is -0.410. The van der Waals surface area contributed by atoms with E-state index in [1.807, 2.05) is 0 Å². The lowest BCUT2D eigenvalue weighted by Crippen LogP contribution is -2.12. The van der Waals surface area contributed by atoms with Crippen molar-refractivity contribution < 1.29 is 19.4 Å². The molecule has 1 rings (SSSR count). The summed E-state index contributed by atoms with van der Waals surface area (Å²) in [7, 11) is 0. The van der Waals surface area contributed by atoms with Gasteiger partial charge in [0.2, 0.25) is 0 Å². The first-order chi connectivity index (χ1) is 6.43. The molecule has 76 valence electrons. The second-order valence-corrected chi connectivity index (χ2v) is 3.34. The first kappa shape index (κ1) is 11.2. The molecule has 1 atom stereocenters. The number of aliphatic hydroxyl groups excluding tert-OH is 1. The minimum atomic E-state index is -1.94. The van der Waals surface area contributed by atoms with Crippen LogP contribution in [0.5, 0.6) is 0 Å². The van der Waals surface area contributed by atoms with Crippen LogP contribution in [0.2, 0.25) is 10.0 Å². The minimum absolute atomic E-state index is 0.0108. The lowest BCUT2D eigenvalue weighted by Gasteiger charge is -2.08. The van der Waals surface area contributed by atoms with Crippen LogP contribution in [0.25, 0.3) is 0 Å². The molecule has 0 radical (unpaired) electrons. The average Bonchev–Trinajstić information content (AvgIpc) is 2.10. The maximum absolute atomic E-state index is 13.1. The number of carboxylic acid groups (broad SMARTS) is 1. The molecule has 1 aromatic rings. The van der Waals surface area contributed by atoms with E-state index in [1.54, 1.807) is 0 Å². The molecule has 0 aliphatic carbocycles. The summed E-state index contributed by atoms with van der Waals surface area (Å²) < 4.78 is 13.1.